The third-order valence-corrected chi connectivity index (χ3v) is 3.73. The monoisotopic (exact) mass is 249 g/mol. The van der Waals surface area contributed by atoms with Gasteiger partial charge < -0.3 is 5.32 Å². The lowest BCUT2D eigenvalue weighted by Crippen LogP contribution is -2.43. The molecule has 1 saturated carbocycles. The molecule has 0 heterocycles. The maximum absolute atomic E-state index is 12.9. The molecule has 2 rings (SSSR count). The van der Waals surface area contributed by atoms with Gasteiger partial charge in [0.25, 0.3) is 0 Å². The number of hydrogen-bond donors (Lipinski definition) is 1. The largest absolute Gasteiger partial charge is 0.347 e. The van der Waals surface area contributed by atoms with Crippen LogP contribution >= 0.6 is 0 Å². The maximum atomic E-state index is 12.9. The zero-order valence-electron chi connectivity index (χ0n) is 11.0. The first-order chi connectivity index (χ1) is 8.49. The molecule has 0 aromatic heterocycles. The van der Waals surface area contributed by atoms with Gasteiger partial charge >= 0.3 is 0 Å². The number of hydrogen-bond acceptors (Lipinski definition) is 1. The molecule has 3 heteroatoms. The molecular formula is C15H20FNO. The molecule has 1 aromatic rings. The Morgan fingerprint density at radius 1 is 1.22 bits per heavy atom. The minimum atomic E-state index is -0.451. The third-order valence-electron chi connectivity index (χ3n) is 3.73. The van der Waals surface area contributed by atoms with Gasteiger partial charge in [0.1, 0.15) is 5.82 Å². The summed E-state index contributed by atoms with van der Waals surface area (Å²) in [5, 5.41) is 3.07. The van der Waals surface area contributed by atoms with Crippen LogP contribution in [0.2, 0.25) is 0 Å². The van der Waals surface area contributed by atoms with E-state index in [2.05, 4.69) is 5.32 Å². The summed E-state index contributed by atoms with van der Waals surface area (Å²) in [7, 11) is 0. The fourth-order valence-corrected chi connectivity index (χ4v) is 2.54. The van der Waals surface area contributed by atoms with Crippen molar-refractivity contribution in [2.24, 2.45) is 5.92 Å². The van der Waals surface area contributed by atoms with Gasteiger partial charge in [0, 0.05) is 5.92 Å². The van der Waals surface area contributed by atoms with Crippen molar-refractivity contribution in [1.82, 2.24) is 5.32 Å². The minimum Gasteiger partial charge on any atom is -0.347 e. The van der Waals surface area contributed by atoms with Crippen LogP contribution in [0.3, 0.4) is 0 Å². The fraction of sp³-hybridized carbons (Fsp3) is 0.533. The van der Waals surface area contributed by atoms with E-state index in [9.17, 15) is 9.18 Å². The van der Waals surface area contributed by atoms with Crippen LogP contribution in [0.5, 0.6) is 0 Å². The second-order valence-electron chi connectivity index (χ2n) is 5.60. The summed E-state index contributed by atoms with van der Waals surface area (Å²) in [6, 6.07) is 6.31. The number of rotatable bonds is 3. The standard InChI is InChI=1S/C15H20FNO/c1-15(2,12-7-9-13(16)10-8-12)17-14(18)11-5-3-4-6-11/h7-11H,3-6H2,1-2H3,(H,17,18). The Hall–Kier alpha value is -1.38. The van der Waals surface area contributed by atoms with E-state index in [1.54, 1.807) is 12.1 Å². The highest BCUT2D eigenvalue weighted by atomic mass is 19.1. The number of carbonyl (C=O) groups excluding carboxylic acids is 1. The zero-order chi connectivity index (χ0) is 13.2. The first kappa shape index (κ1) is 13.1. The Kier molecular flexibility index (Phi) is 3.69. The van der Waals surface area contributed by atoms with Gasteiger partial charge in [0.05, 0.1) is 5.54 Å². The lowest BCUT2D eigenvalue weighted by molar-refractivity contribution is -0.126. The lowest BCUT2D eigenvalue weighted by Gasteiger charge is -2.28. The number of nitrogens with one attached hydrogen (secondary N) is 1. The molecule has 0 radical (unpaired) electrons. The van der Waals surface area contributed by atoms with Crippen molar-refractivity contribution in [3.63, 3.8) is 0 Å². The van der Waals surface area contributed by atoms with Crippen molar-refractivity contribution in [2.75, 3.05) is 0 Å². The van der Waals surface area contributed by atoms with Crippen molar-refractivity contribution in [2.45, 2.75) is 45.1 Å². The molecule has 1 N–H and O–H groups in total. The van der Waals surface area contributed by atoms with Crippen LogP contribution < -0.4 is 5.32 Å². The van der Waals surface area contributed by atoms with E-state index in [1.807, 2.05) is 13.8 Å². The molecule has 0 saturated heterocycles. The summed E-state index contributed by atoms with van der Waals surface area (Å²) in [5.74, 6) is 0.0308. The quantitative estimate of drug-likeness (QED) is 0.874. The first-order valence-corrected chi connectivity index (χ1v) is 6.57. The smallest absolute Gasteiger partial charge is 0.223 e. The second-order valence-corrected chi connectivity index (χ2v) is 5.60. The van der Waals surface area contributed by atoms with E-state index >= 15 is 0 Å². The molecule has 0 atom stereocenters. The maximum Gasteiger partial charge on any atom is 0.223 e. The highest BCUT2D eigenvalue weighted by Crippen LogP contribution is 2.27. The van der Waals surface area contributed by atoms with E-state index < -0.39 is 5.54 Å². The summed E-state index contributed by atoms with van der Waals surface area (Å²) in [4.78, 5) is 12.1. The van der Waals surface area contributed by atoms with E-state index in [4.69, 9.17) is 0 Å². The van der Waals surface area contributed by atoms with Gasteiger partial charge in [-0.2, -0.15) is 0 Å². The summed E-state index contributed by atoms with van der Waals surface area (Å²) in [6.07, 6.45) is 4.28. The second kappa shape index (κ2) is 5.09. The van der Waals surface area contributed by atoms with Gasteiger partial charge in [0.15, 0.2) is 0 Å². The molecule has 98 valence electrons. The molecule has 1 aliphatic carbocycles. The highest BCUT2D eigenvalue weighted by Gasteiger charge is 2.28. The number of benzene rings is 1. The minimum absolute atomic E-state index is 0.127. The van der Waals surface area contributed by atoms with Crippen molar-refractivity contribution < 1.29 is 9.18 Å². The topological polar surface area (TPSA) is 29.1 Å². The molecule has 1 aliphatic rings. The summed E-state index contributed by atoms with van der Waals surface area (Å²) in [5.41, 5.74) is 0.475. The molecule has 1 aromatic carbocycles. The first-order valence-electron chi connectivity index (χ1n) is 6.57. The normalized spacial score (nSPS) is 16.8. The Morgan fingerprint density at radius 3 is 2.33 bits per heavy atom. The SMILES string of the molecule is CC(C)(NC(=O)C1CCCC1)c1ccc(F)cc1. The third kappa shape index (κ3) is 2.89. The average molecular weight is 249 g/mol. The van der Waals surface area contributed by atoms with Crippen LogP contribution in [-0.4, -0.2) is 5.91 Å². The summed E-state index contributed by atoms with van der Waals surface area (Å²) >= 11 is 0. The number of carbonyl (C=O) groups is 1. The average Bonchev–Trinajstić information content (AvgIpc) is 2.82. The zero-order valence-corrected chi connectivity index (χ0v) is 11.0. The van der Waals surface area contributed by atoms with Crippen molar-refractivity contribution in [3.05, 3.63) is 35.6 Å². The van der Waals surface area contributed by atoms with E-state index in [0.29, 0.717) is 0 Å². The Labute approximate surface area is 108 Å². The van der Waals surface area contributed by atoms with Crippen molar-refractivity contribution in [1.29, 1.82) is 0 Å². The Bertz CT molecular complexity index is 419. The van der Waals surface area contributed by atoms with E-state index in [-0.39, 0.29) is 17.6 Å². The fourth-order valence-electron chi connectivity index (χ4n) is 2.54. The number of halogens is 1. The molecular weight excluding hydrogens is 229 g/mol. The molecule has 1 amide bonds. The van der Waals surface area contributed by atoms with Gasteiger partial charge in [-0.3, -0.25) is 4.79 Å². The van der Waals surface area contributed by atoms with Crippen molar-refractivity contribution >= 4 is 5.91 Å². The lowest BCUT2D eigenvalue weighted by atomic mass is 9.93. The molecule has 0 spiro atoms. The molecule has 1 fully saturated rings. The van der Waals surface area contributed by atoms with Crippen LogP contribution in [0.25, 0.3) is 0 Å². The van der Waals surface area contributed by atoms with E-state index in [1.165, 1.54) is 12.1 Å². The van der Waals surface area contributed by atoms with Crippen molar-refractivity contribution in [3.8, 4) is 0 Å². The highest BCUT2D eigenvalue weighted by molar-refractivity contribution is 5.79. The molecule has 0 unspecified atom stereocenters. The van der Waals surface area contributed by atoms with Gasteiger partial charge in [-0.25, -0.2) is 4.39 Å². The number of amides is 1. The summed E-state index contributed by atoms with van der Waals surface area (Å²) < 4.78 is 12.9. The molecule has 0 aliphatic heterocycles. The molecule has 2 nitrogen and oxygen atoms in total. The Morgan fingerprint density at radius 2 is 1.78 bits per heavy atom. The van der Waals surface area contributed by atoms with Gasteiger partial charge in [0.2, 0.25) is 5.91 Å². The predicted octanol–water partition coefficient (Wildman–Crippen LogP) is 3.37. The van der Waals surface area contributed by atoms with Gasteiger partial charge in [-0.05, 0) is 44.4 Å². The van der Waals surface area contributed by atoms with E-state index in [0.717, 1.165) is 31.2 Å². The molecule has 0 bridgehead atoms. The van der Waals surface area contributed by atoms with Gasteiger partial charge in [-0.1, -0.05) is 25.0 Å². The molecule has 18 heavy (non-hydrogen) atoms. The predicted molar refractivity (Wildman–Crippen MR) is 69.5 cm³/mol. The van der Waals surface area contributed by atoms with Crippen LogP contribution in [0.15, 0.2) is 24.3 Å². The summed E-state index contributed by atoms with van der Waals surface area (Å²) in [6.45, 7) is 3.90. The van der Waals surface area contributed by atoms with Crippen LogP contribution in [-0.2, 0) is 10.3 Å². The van der Waals surface area contributed by atoms with Gasteiger partial charge in [-0.15, -0.1) is 0 Å². The van der Waals surface area contributed by atoms with Crippen LogP contribution in [0.4, 0.5) is 4.39 Å². The Balaban J connectivity index is 2.06. The van der Waals surface area contributed by atoms with Crippen LogP contribution in [0.1, 0.15) is 45.1 Å². The van der Waals surface area contributed by atoms with Crippen LogP contribution in [0, 0.1) is 11.7 Å².